The van der Waals surface area contributed by atoms with Crippen LogP contribution in [0.2, 0.25) is 0 Å². The van der Waals surface area contributed by atoms with Gasteiger partial charge < -0.3 is 15.0 Å². The van der Waals surface area contributed by atoms with Crippen LogP contribution in [0, 0.1) is 0 Å². The van der Waals surface area contributed by atoms with Crippen molar-refractivity contribution in [2.45, 2.75) is 25.7 Å². The van der Waals surface area contributed by atoms with Crippen molar-refractivity contribution in [1.29, 1.82) is 0 Å². The molecule has 5 heteroatoms. The lowest BCUT2D eigenvalue weighted by Gasteiger charge is -2.10. The smallest absolute Gasteiger partial charge is 0.337 e. The first-order chi connectivity index (χ1) is 12.7. The SMILES string of the molecule is COC(=O)c1cccc(NC(=O)c2cccc3c4c([nH]c23)CCCC4)c1. The number of carbonyl (C=O) groups is 2. The number of esters is 1. The highest BCUT2D eigenvalue weighted by molar-refractivity contribution is 6.12. The van der Waals surface area contributed by atoms with Gasteiger partial charge in [-0.1, -0.05) is 18.2 Å². The molecular weight excluding hydrogens is 328 g/mol. The predicted molar refractivity (Wildman–Crippen MR) is 101 cm³/mol. The molecule has 5 nitrogen and oxygen atoms in total. The number of aryl methyl sites for hydroxylation is 2. The molecule has 1 aromatic heterocycles. The van der Waals surface area contributed by atoms with Crippen LogP contribution >= 0.6 is 0 Å². The van der Waals surface area contributed by atoms with Gasteiger partial charge in [0.1, 0.15) is 0 Å². The molecule has 132 valence electrons. The van der Waals surface area contributed by atoms with E-state index < -0.39 is 5.97 Å². The van der Waals surface area contributed by atoms with Crippen LogP contribution in [0.1, 0.15) is 44.8 Å². The summed E-state index contributed by atoms with van der Waals surface area (Å²) in [5.74, 6) is -0.628. The molecule has 4 rings (SSSR count). The zero-order chi connectivity index (χ0) is 18.1. The molecule has 0 aliphatic heterocycles. The maximum absolute atomic E-state index is 12.8. The average molecular weight is 348 g/mol. The highest BCUT2D eigenvalue weighted by atomic mass is 16.5. The summed E-state index contributed by atoms with van der Waals surface area (Å²) in [6, 6.07) is 12.6. The topological polar surface area (TPSA) is 71.2 Å². The van der Waals surface area contributed by atoms with Gasteiger partial charge in [-0.15, -0.1) is 0 Å². The van der Waals surface area contributed by atoms with Crippen LogP contribution in [0.25, 0.3) is 10.9 Å². The average Bonchev–Trinajstić information content (AvgIpc) is 3.06. The molecule has 0 atom stereocenters. The number of carbonyl (C=O) groups excluding carboxylic acids is 2. The first-order valence-corrected chi connectivity index (χ1v) is 8.79. The number of ether oxygens (including phenoxy) is 1. The quantitative estimate of drug-likeness (QED) is 0.701. The van der Waals surface area contributed by atoms with Gasteiger partial charge in [0.15, 0.2) is 0 Å². The fraction of sp³-hybridized carbons (Fsp3) is 0.238. The highest BCUT2D eigenvalue weighted by Gasteiger charge is 2.19. The molecule has 3 aromatic rings. The lowest BCUT2D eigenvalue weighted by Crippen LogP contribution is -2.13. The molecule has 0 fully saturated rings. The first kappa shape index (κ1) is 16.4. The number of benzene rings is 2. The molecular formula is C21H20N2O3. The molecule has 1 aliphatic carbocycles. The van der Waals surface area contributed by atoms with E-state index in [2.05, 4.69) is 16.4 Å². The minimum atomic E-state index is -0.430. The lowest BCUT2D eigenvalue weighted by atomic mass is 9.95. The molecule has 1 amide bonds. The van der Waals surface area contributed by atoms with E-state index in [-0.39, 0.29) is 5.91 Å². The summed E-state index contributed by atoms with van der Waals surface area (Å²) in [5, 5.41) is 4.02. The van der Waals surface area contributed by atoms with Crippen molar-refractivity contribution in [1.82, 2.24) is 4.98 Å². The standard InChI is InChI=1S/C21H20N2O3/c1-26-21(25)13-6-4-7-14(12-13)22-20(24)17-10-5-9-16-15-8-2-3-11-18(15)23-19(16)17/h4-7,9-10,12,23H,2-3,8,11H2,1H3,(H,22,24). The van der Waals surface area contributed by atoms with Gasteiger partial charge in [0.2, 0.25) is 0 Å². The Labute approximate surface area is 151 Å². The number of fused-ring (bicyclic) bond motifs is 3. The third-order valence-electron chi connectivity index (χ3n) is 4.92. The number of para-hydroxylation sites is 1. The second-order valence-electron chi connectivity index (χ2n) is 6.54. The number of nitrogens with one attached hydrogen (secondary N) is 2. The number of hydrogen-bond acceptors (Lipinski definition) is 3. The van der Waals surface area contributed by atoms with Gasteiger partial charge in [-0.3, -0.25) is 4.79 Å². The van der Waals surface area contributed by atoms with Gasteiger partial charge in [0.05, 0.1) is 23.8 Å². The monoisotopic (exact) mass is 348 g/mol. The number of hydrogen-bond donors (Lipinski definition) is 2. The van der Waals surface area contributed by atoms with Crippen molar-refractivity contribution in [3.8, 4) is 0 Å². The summed E-state index contributed by atoms with van der Waals surface area (Å²) >= 11 is 0. The zero-order valence-corrected chi connectivity index (χ0v) is 14.6. The Bertz CT molecular complexity index is 1000. The Morgan fingerprint density at radius 1 is 1.08 bits per heavy atom. The number of methoxy groups -OCH3 is 1. The largest absolute Gasteiger partial charge is 0.465 e. The van der Waals surface area contributed by atoms with Gasteiger partial charge in [-0.25, -0.2) is 4.79 Å². The number of H-pyrrole nitrogens is 1. The van der Waals surface area contributed by atoms with Crippen molar-refractivity contribution in [2.75, 3.05) is 12.4 Å². The first-order valence-electron chi connectivity index (χ1n) is 8.79. The van der Waals surface area contributed by atoms with Gasteiger partial charge in [0, 0.05) is 16.8 Å². The number of anilines is 1. The number of rotatable bonds is 3. The molecule has 0 bridgehead atoms. The van der Waals surface area contributed by atoms with Gasteiger partial charge in [-0.05, 0) is 55.5 Å². The summed E-state index contributed by atoms with van der Waals surface area (Å²) in [5.41, 5.74) is 5.05. The second-order valence-corrected chi connectivity index (χ2v) is 6.54. The van der Waals surface area contributed by atoms with E-state index in [0.29, 0.717) is 16.8 Å². The van der Waals surface area contributed by atoms with Crippen molar-refractivity contribution < 1.29 is 14.3 Å². The van der Waals surface area contributed by atoms with Gasteiger partial charge >= 0.3 is 5.97 Å². The van der Waals surface area contributed by atoms with E-state index in [1.807, 2.05) is 12.1 Å². The van der Waals surface area contributed by atoms with Crippen LogP contribution in [0.5, 0.6) is 0 Å². The summed E-state index contributed by atoms with van der Waals surface area (Å²) in [6.45, 7) is 0. The third kappa shape index (κ3) is 2.86. The molecule has 1 aliphatic rings. The fourth-order valence-corrected chi connectivity index (χ4v) is 3.66. The van der Waals surface area contributed by atoms with E-state index in [1.54, 1.807) is 24.3 Å². The van der Waals surface area contributed by atoms with Crippen molar-refractivity contribution in [3.63, 3.8) is 0 Å². The lowest BCUT2D eigenvalue weighted by molar-refractivity contribution is 0.0600. The fourth-order valence-electron chi connectivity index (χ4n) is 3.66. The van der Waals surface area contributed by atoms with Crippen molar-refractivity contribution in [3.05, 3.63) is 64.8 Å². The van der Waals surface area contributed by atoms with Crippen LogP contribution in [0.3, 0.4) is 0 Å². The van der Waals surface area contributed by atoms with Gasteiger partial charge in [0.25, 0.3) is 5.91 Å². The van der Waals surface area contributed by atoms with E-state index in [0.717, 1.165) is 23.7 Å². The molecule has 0 unspecified atom stereocenters. The van der Waals surface area contributed by atoms with Crippen molar-refractivity contribution in [2.24, 2.45) is 0 Å². The summed E-state index contributed by atoms with van der Waals surface area (Å²) < 4.78 is 4.73. The van der Waals surface area contributed by atoms with Crippen LogP contribution in [0.4, 0.5) is 5.69 Å². The molecule has 0 spiro atoms. The maximum Gasteiger partial charge on any atom is 0.337 e. The van der Waals surface area contributed by atoms with Crippen LogP contribution in [-0.4, -0.2) is 24.0 Å². The van der Waals surface area contributed by atoms with E-state index >= 15 is 0 Å². The molecule has 0 saturated carbocycles. The second kappa shape index (κ2) is 6.67. The number of amides is 1. The molecule has 0 saturated heterocycles. The Morgan fingerprint density at radius 2 is 1.88 bits per heavy atom. The van der Waals surface area contributed by atoms with Crippen LogP contribution in [0.15, 0.2) is 42.5 Å². The molecule has 2 N–H and O–H groups in total. The van der Waals surface area contributed by atoms with E-state index in [1.165, 1.54) is 31.2 Å². The number of aromatic nitrogens is 1. The third-order valence-corrected chi connectivity index (χ3v) is 4.92. The molecule has 0 radical (unpaired) electrons. The highest BCUT2D eigenvalue weighted by Crippen LogP contribution is 2.31. The summed E-state index contributed by atoms with van der Waals surface area (Å²) in [6.07, 6.45) is 4.46. The molecule has 2 aromatic carbocycles. The number of aromatic amines is 1. The summed E-state index contributed by atoms with van der Waals surface area (Å²) in [7, 11) is 1.33. The maximum atomic E-state index is 12.8. The van der Waals surface area contributed by atoms with E-state index in [4.69, 9.17) is 4.74 Å². The molecule has 26 heavy (non-hydrogen) atoms. The Kier molecular flexibility index (Phi) is 4.21. The normalized spacial score (nSPS) is 13.3. The predicted octanol–water partition coefficient (Wildman–Crippen LogP) is 4.09. The van der Waals surface area contributed by atoms with Crippen LogP contribution < -0.4 is 5.32 Å². The van der Waals surface area contributed by atoms with Gasteiger partial charge in [-0.2, -0.15) is 0 Å². The van der Waals surface area contributed by atoms with Crippen molar-refractivity contribution >= 4 is 28.5 Å². The Morgan fingerprint density at radius 3 is 2.73 bits per heavy atom. The minimum Gasteiger partial charge on any atom is -0.465 e. The Balaban J connectivity index is 1.67. The van der Waals surface area contributed by atoms with Crippen LogP contribution in [-0.2, 0) is 17.6 Å². The molecule has 1 heterocycles. The van der Waals surface area contributed by atoms with E-state index in [9.17, 15) is 9.59 Å². The minimum absolute atomic E-state index is 0.198. The summed E-state index contributed by atoms with van der Waals surface area (Å²) in [4.78, 5) is 28.0. The Hall–Kier alpha value is -3.08. The zero-order valence-electron chi connectivity index (χ0n) is 14.6.